The maximum Gasteiger partial charge on any atom is 0.191 e. The molecule has 0 radical (unpaired) electrons. The molecule has 0 fully saturated rings. The minimum absolute atomic E-state index is 0.0564. The van der Waals surface area contributed by atoms with E-state index in [4.69, 9.17) is 9.47 Å². The van der Waals surface area contributed by atoms with Gasteiger partial charge in [0.1, 0.15) is 12.4 Å². The monoisotopic (exact) mass is 375 g/mol. The zero-order chi connectivity index (χ0) is 18.8. The number of nitrogens with zero attached hydrogens (tertiary/aromatic N) is 1. The van der Waals surface area contributed by atoms with Crippen LogP contribution >= 0.6 is 11.3 Å². The van der Waals surface area contributed by atoms with E-state index < -0.39 is 0 Å². The first-order chi connectivity index (χ1) is 12.5. The van der Waals surface area contributed by atoms with Gasteiger partial charge in [0.2, 0.25) is 0 Å². The summed E-state index contributed by atoms with van der Waals surface area (Å²) in [7, 11) is 3.46. The Kier molecular flexibility index (Phi) is 7.94. The quantitative estimate of drug-likeness (QED) is 0.401. The van der Waals surface area contributed by atoms with Gasteiger partial charge < -0.3 is 20.1 Å². The minimum atomic E-state index is 0.0564. The van der Waals surface area contributed by atoms with E-state index in [1.165, 1.54) is 4.88 Å². The van der Waals surface area contributed by atoms with Crippen LogP contribution in [0.25, 0.3) is 0 Å². The van der Waals surface area contributed by atoms with Crippen molar-refractivity contribution in [1.29, 1.82) is 0 Å². The molecule has 0 aliphatic carbocycles. The molecule has 0 saturated heterocycles. The predicted octanol–water partition coefficient (Wildman–Crippen LogP) is 3.42. The van der Waals surface area contributed by atoms with Gasteiger partial charge >= 0.3 is 0 Å². The van der Waals surface area contributed by atoms with Gasteiger partial charge in [-0.1, -0.05) is 32.0 Å². The normalized spacial score (nSPS) is 12.1. The van der Waals surface area contributed by atoms with Gasteiger partial charge in [0, 0.05) is 37.5 Å². The molecule has 0 bridgehead atoms. The van der Waals surface area contributed by atoms with Crippen molar-refractivity contribution in [2.45, 2.75) is 25.8 Å². The minimum Gasteiger partial charge on any atom is -0.491 e. The Morgan fingerprint density at radius 3 is 2.69 bits per heavy atom. The molecule has 0 spiro atoms. The second-order valence-electron chi connectivity index (χ2n) is 6.63. The van der Waals surface area contributed by atoms with Crippen molar-refractivity contribution in [2.75, 3.05) is 33.9 Å². The summed E-state index contributed by atoms with van der Waals surface area (Å²) in [6, 6.07) is 12.3. The zero-order valence-corrected chi connectivity index (χ0v) is 16.9. The fraction of sp³-hybridized carbons (Fsp3) is 0.450. The third-order valence-corrected chi connectivity index (χ3v) is 5.26. The van der Waals surface area contributed by atoms with Crippen LogP contribution in [-0.2, 0) is 16.7 Å². The number of rotatable bonds is 9. The molecule has 0 atom stereocenters. The highest BCUT2D eigenvalue weighted by molar-refractivity contribution is 7.10. The van der Waals surface area contributed by atoms with Crippen LogP contribution in [-0.4, -0.2) is 39.9 Å². The van der Waals surface area contributed by atoms with Gasteiger partial charge in [-0.3, -0.25) is 4.99 Å². The number of benzene rings is 1. The van der Waals surface area contributed by atoms with E-state index in [0.717, 1.165) is 23.8 Å². The molecule has 142 valence electrons. The van der Waals surface area contributed by atoms with Crippen LogP contribution in [0, 0.1) is 0 Å². The Balaban J connectivity index is 1.84. The number of ether oxygens (including phenoxy) is 2. The number of hydrogen-bond acceptors (Lipinski definition) is 4. The van der Waals surface area contributed by atoms with Gasteiger partial charge in [0.25, 0.3) is 0 Å². The molecule has 1 aromatic carbocycles. The van der Waals surface area contributed by atoms with Crippen molar-refractivity contribution in [3.8, 4) is 5.75 Å². The summed E-state index contributed by atoms with van der Waals surface area (Å²) in [5.41, 5.74) is 1.20. The molecule has 2 rings (SSSR count). The van der Waals surface area contributed by atoms with E-state index in [9.17, 15) is 0 Å². The molecule has 5 nitrogen and oxygen atoms in total. The molecule has 2 aromatic rings. The summed E-state index contributed by atoms with van der Waals surface area (Å²) >= 11 is 1.79. The molecule has 2 N–H and O–H groups in total. The van der Waals surface area contributed by atoms with Crippen LogP contribution in [0.2, 0.25) is 0 Å². The lowest BCUT2D eigenvalue weighted by atomic mass is 9.91. The number of thiophene rings is 1. The topological polar surface area (TPSA) is 54.9 Å². The SMILES string of the molecule is CN=C(NCc1cccc(OCCOC)c1)NCC(C)(C)c1cccs1. The maximum absolute atomic E-state index is 5.66. The smallest absolute Gasteiger partial charge is 0.191 e. The molecule has 1 heterocycles. The van der Waals surface area contributed by atoms with Crippen molar-refractivity contribution in [3.63, 3.8) is 0 Å². The van der Waals surface area contributed by atoms with Gasteiger partial charge in [-0.15, -0.1) is 11.3 Å². The lowest BCUT2D eigenvalue weighted by Gasteiger charge is -2.25. The standard InChI is InChI=1S/C20H29N3O2S/c1-20(2,18-9-6-12-26-18)15-23-19(21-3)22-14-16-7-5-8-17(13-16)25-11-10-24-4/h5-9,12-13H,10-11,14-15H2,1-4H3,(H2,21,22,23). The Morgan fingerprint density at radius 1 is 1.15 bits per heavy atom. The molecule has 0 amide bonds. The highest BCUT2D eigenvalue weighted by Gasteiger charge is 2.21. The first-order valence-corrected chi connectivity index (χ1v) is 9.62. The third-order valence-electron chi connectivity index (χ3n) is 4.02. The molecule has 0 unspecified atom stereocenters. The summed E-state index contributed by atoms with van der Waals surface area (Å²) in [4.78, 5) is 5.68. The van der Waals surface area contributed by atoms with E-state index in [2.05, 4.69) is 53.1 Å². The Morgan fingerprint density at radius 2 is 2.00 bits per heavy atom. The van der Waals surface area contributed by atoms with E-state index in [1.807, 2.05) is 18.2 Å². The highest BCUT2D eigenvalue weighted by atomic mass is 32.1. The average Bonchev–Trinajstić information content (AvgIpc) is 3.18. The second-order valence-corrected chi connectivity index (χ2v) is 7.58. The average molecular weight is 376 g/mol. The number of guanidine groups is 1. The fourth-order valence-electron chi connectivity index (χ4n) is 2.45. The first kappa shape index (κ1) is 20.3. The first-order valence-electron chi connectivity index (χ1n) is 8.74. The summed E-state index contributed by atoms with van der Waals surface area (Å²) in [5.74, 6) is 1.64. The number of hydrogen-bond donors (Lipinski definition) is 2. The molecule has 6 heteroatoms. The van der Waals surface area contributed by atoms with Crippen molar-refractivity contribution in [2.24, 2.45) is 4.99 Å². The summed E-state index contributed by atoms with van der Waals surface area (Å²) < 4.78 is 10.7. The van der Waals surface area contributed by atoms with Crippen LogP contribution < -0.4 is 15.4 Å². The van der Waals surface area contributed by atoms with Crippen LogP contribution in [0.4, 0.5) is 0 Å². The van der Waals surface area contributed by atoms with E-state index >= 15 is 0 Å². The molecule has 1 aromatic heterocycles. The Labute approximate surface area is 160 Å². The van der Waals surface area contributed by atoms with Crippen molar-refractivity contribution >= 4 is 17.3 Å². The number of nitrogens with one attached hydrogen (secondary N) is 2. The van der Waals surface area contributed by atoms with Crippen molar-refractivity contribution in [3.05, 3.63) is 52.2 Å². The van der Waals surface area contributed by atoms with Gasteiger partial charge in [-0.25, -0.2) is 0 Å². The van der Waals surface area contributed by atoms with Crippen molar-refractivity contribution in [1.82, 2.24) is 10.6 Å². The van der Waals surface area contributed by atoms with E-state index in [-0.39, 0.29) is 5.41 Å². The Bertz CT molecular complexity index is 684. The lowest BCUT2D eigenvalue weighted by Crippen LogP contribution is -2.42. The molecule has 0 saturated carbocycles. The molecular formula is C20H29N3O2S. The fourth-order valence-corrected chi connectivity index (χ4v) is 3.30. The lowest BCUT2D eigenvalue weighted by molar-refractivity contribution is 0.146. The molecular weight excluding hydrogens is 346 g/mol. The number of aliphatic imine (C=N–C) groups is 1. The van der Waals surface area contributed by atoms with E-state index in [0.29, 0.717) is 19.8 Å². The maximum atomic E-state index is 5.66. The number of methoxy groups -OCH3 is 1. The zero-order valence-electron chi connectivity index (χ0n) is 16.0. The van der Waals surface area contributed by atoms with Crippen LogP contribution in [0.15, 0.2) is 46.8 Å². The largest absolute Gasteiger partial charge is 0.491 e. The van der Waals surface area contributed by atoms with Crippen LogP contribution in [0.5, 0.6) is 5.75 Å². The Hall–Kier alpha value is -2.05. The third kappa shape index (κ3) is 6.35. The van der Waals surface area contributed by atoms with Gasteiger partial charge in [-0.05, 0) is 29.1 Å². The molecule has 0 aliphatic heterocycles. The molecule has 26 heavy (non-hydrogen) atoms. The van der Waals surface area contributed by atoms with Crippen LogP contribution in [0.1, 0.15) is 24.3 Å². The highest BCUT2D eigenvalue weighted by Crippen LogP contribution is 2.26. The predicted molar refractivity (Wildman–Crippen MR) is 109 cm³/mol. The van der Waals surface area contributed by atoms with Gasteiger partial charge in [-0.2, -0.15) is 0 Å². The van der Waals surface area contributed by atoms with Crippen LogP contribution in [0.3, 0.4) is 0 Å². The van der Waals surface area contributed by atoms with E-state index in [1.54, 1.807) is 25.5 Å². The van der Waals surface area contributed by atoms with Gasteiger partial charge in [0.15, 0.2) is 5.96 Å². The van der Waals surface area contributed by atoms with Crippen molar-refractivity contribution < 1.29 is 9.47 Å². The molecule has 0 aliphatic rings. The summed E-state index contributed by atoms with van der Waals surface area (Å²) in [5, 5.41) is 8.90. The summed E-state index contributed by atoms with van der Waals surface area (Å²) in [6.07, 6.45) is 0. The van der Waals surface area contributed by atoms with Gasteiger partial charge in [0.05, 0.1) is 6.61 Å². The second kappa shape index (κ2) is 10.2. The summed E-state index contributed by atoms with van der Waals surface area (Å²) in [6.45, 7) is 7.10.